The zero-order valence-electron chi connectivity index (χ0n) is 13.3. The van der Waals surface area contributed by atoms with Gasteiger partial charge in [0, 0.05) is 11.9 Å². The highest BCUT2D eigenvalue weighted by Crippen LogP contribution is 2.12. The second-order valence-corrected chi connectivity index (χ2v) is 5.78. The number of rotatable bonds is 12. The van der Waals surface area contributed by atoms with Crippen LogP contribution < -0.4 is 0 Å². The maximum absolute atomic E-state index is 10.7. The quantitative estimate of drug-likeness (QED) is 0.535. The van der Waals surface area contributed by atoms with E-state index >= 15 is 0 Å². The van der Waals surface area contributed by atoms with Crippen molar-refractivity contribution in [1.29, 1.82) is 0 Å². The van der Waals surface area contributed by atoms with E-state index < -0.39 is 5.97 Å². The normalized spacial score (nSPS) is 10.7. The van der Waals surface area contributed by atoms with Crippen LogP contribution in [0.5, 0.6) is 0 Å². The van der Waals surface area contributed by atoms with Crippen molar-refractivity contribution < 1.29 is 9.90 Å². The number of hydrogen-bond acceptors (Lipinski definition) is 2. The van der Waals surface area contributed by atoms with Gasteiger partial charge in [0.15, 0.2) is 0 Å². The summed E-state index contributed by atoms with van der Waals surface area (Å²) in [7, 11) is 0. The van der Waals surface area contributed by atoms with Gasteiger partial charge in [0.1, 0.15) is 0 Å². The van der Waals surface area contributed by atoms with Crippen molar-refractivity contribution in [1.82, 2.24) is 4.98 Å². The molecule has 0 unspecified atom stereocenters. The molecule has 0 amide bonds. The lowest BCUT2D eigenvalue weighted by Gasteiger charge is -2.03. The lowest BCUT2D eigenvalue weighted by Crippen LogP contribution is -1.98. The molecule has 0 saturated carbocycles. The highest BCUT2D eigenvalue weighted by molar-refractivity contribution is 5.87. The summed E-state index contributed by atoms with van der Waals surface area (Å²) in [6, 6.07) is 3.47. The van der Waals surface area contributed by atoms with E-state index in [1.807, 2.05) is 6.07 Å². The SMILES string of the molecule is CCCCCCCCCCCCc1ccc(C(=O)O)cn1. The van der Waals surface area contributed by atoms with Gasteiger partial charge in [-0.3, -0.25) is 4.98 Å². The van der Waals surface area contributed by atoms with Gasteiger partial charge in [-0.05, 0) is 25.0 Å². The molecule has 0 aliphatic carbocycles. The Bertz CT molecular complexity index is 387. The van der Waals surface area contributed by atoms with Crippen LogP contribution in [0.15, 0.2) is 18.3 Å². The number of aryl methyl sites for hydroxylation is 1. The number of unbranched alkanes of at least 4 members (excludes halogenated alkanes) is 9. The van der Waals surface area contributed by atoms with Crippen molar-refractivity contribution in [3.05, 3.63) is 29.6 Å². The predicted octanol–water partition coefficient (Wildman–Crippen LogP) is 5.24. The van der Waals surface area contributed by atoms with Gasteiger partial charge < -0.3 is 5.11 Å². The smallest absolute Gasteiger partial charge is 0.337 e. The molecule has 0 aromatic carbocycles. The van der Waals surface area contributed by atoms with Crippen LogP contribution >= 0.6 is 0 Å². The third kappa shape index (κ3) is 8.49. The lowest BCUT2D eigenvalue weighted by molar-refractivity contribution is 0.0696. The summed E-state index contributed by atoms with van der Waals surface area (Å²) >= 11 is 0. The van der Waals surface area contributed by atoms with Crippen molar-refractivity contribution in [2.75, 3.05) is 0 Å². The number of pyridine rings is 1. The van der Waals surface area contributed by atoms with E-state index in [9.17, 15) is 4.79 Å². The highest BCUT2D eigenvalue weighted by atomic mass is 16.4. The van der Waals surface area contributed by atoms with E-state index in [1.165, 1.54) is 64.0 Å². The summed E-state index contributed by atoms with van der Waals surface area (Å²) < 4.78 is 0. The minimum Gasteiger partial charge on any atom is -0.478 e. The first-order valence-electron chi connectivity index (χ1n) is 8.42. The number of aromatic carboxylic acids is 1. The Kier molecular flexibility index (Phi) is 9.51. The molecular weight excluding hydrogens is 262 g/mol. The van der Waals surface area contributed by atoms with E-state index in [2.05, 4.69) is 11.9 Å². The Balaban J connectivity index is 1.98. The van der Waals surface area contributed by atoms with E-state index in [4.69, 9.17) is 5.11 Å². The first-order chi connectivity index (χ1) is 10.2. The van der Waals surface area contributed by atoms with Crippen LogP contribution in [0.1, 0.15) is 87.2 Å². The Hall–Kier alpha value is -1.38. The number of hydrogen-bond donors (Lipinski definition) is 1. The van der Waals surface area contributed by atoms with Crippen LogP contribution in [0.2, 0.25) is 0 Å². The van der Waals surface area contributed by atoms with Gasteiger partial charge in [-0.1, -0.05) is 64.7 Å². The fourth-order valence-electron chi connectivity index (χ4n) is 2.49. The molecule has 1 rings (SSSR count). The molecule has 0 fully saturated rings. The molecule has 21 heavy (non-hydrogen) atoms. The molecule has 0 bridgehead atoms. The molecule has 0 aliphatic heterocycles. The van der Waals surface area contributed by atoms with Crippen LogP contribution in [0.3, 0.4) is 0 Å². The zero-order chi connectivity index (χ0) is 15.3. The van der Waals surface area contributed by atoms with Crippen LogP contribution in [0.4, 0.5) is 0 Å². The van der Waals surface area contributed by atoms with Crippen LogP contribution in [0, 0.1) is 0 Å². The third-order valence-corrected chi connectivity index (χ3v) is 3.86. The van der Waals surface area contributed by atoms with E-state index in [0.717, 1.165) is 18.5 Å². The van der Waals surface area contributed by atoms with Gasteiger partial charge in [-0.15, -0.1) is 0 Å². The topological polar surface area (TPSA) is 50.2 Å². The van der Waals surface area contributed by atoms with Crippen molar-refractivity contribution in [3.63, 3.8) is 0 Å². The molecule has 118 valence electrons. The summed E-state index contributed by atoms with van der Waals surface area (Å²) in [6.45, 7) is 2.25. The average molecular weight is 291 g/mol. The minimum absolute atomic E-state index is 0.266. The fraction of sp³-hybridized carbons (Fsp3) is 0.667. The van der Waals surface area contributed by atoms with Gasteiger partial charge in [0.05, 0.1) is 5.56 Å². The van der Waals surface area contributed by atoms with Gasteiger partial charge >= 0.3 is 5.97 Å². The molecule has 0 radical (unpaired) electrons. The third-order valence-electron chi connectivity index (χ3n) is 3.86. The van der Waals surface area contributed by atoms with E-state index in [1.54, 1.807) is 6.07 Å². The standard InChI is InChI=1S/C18H29NO2/c1-2-3-4-5-6-7-8-9-10-11-12-17-14-13-16(15-19-17)18(20)21/h13-15H,2-12H2,1H3,(H,20,21). The molecule has 1 aromatic rings. The Morgan fingerprint density at radius 3 is 2.00 bits per heavy atom. The molecule has 0 saturated heterocycles. The van der Waals surface area contributed by atoms with Gasteiger partial charge in [0.2, 0.25) is 0 Å². The number of carboxylic acid groups (broad SMARTS) is 1. The number of aromatic nitrogens is 1. The molecule has 3 nitrogen and oxygen atoms in total. The molecule has 0 aliphatic rings. The van der Waals surface area contributed by atoms with Gasteiger partial charge in [-0.25, -0.2) is 4.79 Å². The van der Waals surface area contributed by atoms with Crippen molar-refractivity contribution in [2.45, 2.75) is 77.6 Å². The van der Waals surface area contributed by atoms with Crippen LogP contribution in [-0.4, -0.2) is 16.1 Å². The lowest BCUT2D eigenvalue weighted by atomic mass is 10.1. The maximum Gasteiger partial charge on any atom is 0.337 e. The number of carboxylic acids is 1. The van der Waals surface area contributed by atoms with Crippen molar-refractivity contribution >= 4 is 5.97 Å². The second kappa shape index (κ2) is 11.3. The summed E-state index contributed by atoms with van der Waals surface area (Å²) in [5.41, 5.74) is 1.27. The average Bonchev–Trinajstić information content (AvgIpc) is 2.49. The maximum atomic E-state index is 10.7. The van der Waals surface area contributed by atoms with Crippen molar-refractivity contribution in [2.24, 2.45) is 0 Å². The molecule has 0 spiro atoms. The van der Waals surface area contributed by atoms with Gasteiger partial charge in [0.25, 0.3) is 0 Å². The largest absolute Gasteiger partial charge is 0.478 e. The molecule has 3 heteroatoms. The second-order valence-electron chi connectivity index (χ2n) is 5.78. The molecule has 1 N–H and O–H groups in total. The number of nitrogens with zero attached hydrogens (tertiary/aromatic N) is 1. The molecule has 0 atom stereocenters. The first-order valence-corrected chi connectivity index (χ1v) is 8.42. The highest BCUT2D eigenvalue weighted by Gasteiger charge is 2.02. The van der Waals surface area contributed by atoms with Crippen molar-refractivity contribution in [3.8, 4) is 0 Å². The van der Waals surface area contributed by atoms with Crippen LogP contribution in [-0.2, 0) is 6.42 Å². The summed E-state index contributed by atoms with van der Waals surface area (Å²) in [6.07, 6.45) is 15.7. The number of carbonyl (C=O) groups is 1. The Labute approximate surface area is 128 Å². The monoisotopic (exact) mass is 291 g/mol. The minimum atomic E-state index is -0.909. The predicted molar refractivity (Wildman–Crippen MR) is 86.7 cm³/mol. The Morgan fingerprint density at radius 2 is 1.52 bits per heavy atom. The zero-order valence-corrected chi connectivity index (χ0v) is 13.3. The molecule has 1 heterocycles. The van der Waals surface area contributed by atoms with Gasteiger partial charge in [-0.2, -0.15) is 0 Å². The van der Waals surface area contributed by atoms with E-state index in [-0.39, 0.29) is 5.56 Å². The fourth-order valence-corrected chi connectivity index (χ4v) is 2.49. The summed E-state index contributed by atoms with van der Waals surface area (Å²) in [4.78, 5) is 14.9. The molecular formula is C18H29NO2. The molecule has 1 aromatic heterocycles. The van der Waals surface area contributed by atoms with Crippen LogP contribution in [0.25, 0.3) is 0 Å². The summed E-state index contributed by atoms with van der Waals surface area (Å²) in [5.74, 6) is -0.909. The van der Waals surface area contributed by atoms with E-state index in [0.29, 0.717) is 0 Å². The Morgan fingerprint density at radius 1 is 0.952 bits per heavy atom. The summed E-state index contributed by atoms with van der Waals surface area (Å²) in [5, 5.41) is 8.80. The first kappa shape index (κ1) is 17.7.